The fourth-order valence-electron chi connectivity index (χ4n) is 0.733. The number of hydrogen-bond acceptors (Lipinski definition) is 2. The minimum Gasteiger partial charge on any atom is -0.359 e. The fourth-order valence-corrected chi connectivity index (χ4v) is 0.979. The van der Waals surface area contributed by atoms with Crippen molar-refractivity contribution in [2.75, 3.05) is 19.7 Å². The highest BCUT2D eigenvalue weighted by atomic mass is 32.1. The van der Waals surface area contributed by atoms with E-state index in [4.69, 9.17) is 17.1 Å². The van der Waals surface area contributed by atoms with Crippen LogP contribution in [0.4, 0.5) is 0 Å². The lowest BCUT2D eigenvalue weighted by Crippen LogP contribution is -2.27. The molecule has 0 saturated carbocycles. The molecule has 52 valence electrons. The maximum absolute atomic E-state index is 5.14. The number of hydroxylamine groups is 2. The summed E-state index contributed by atoms with van der Waals surface area (Å²) in [5.74, 6) is 0. The first-order chi connectivity index (χ1) is 4.34. The first-order valence-electron chi connectivity index (χ1n) is 3.03. The van der Waals surface area contributed by atoms with Gasteiger partial charge >= 0.3 is 0 Å². The van der Waals surface area contributed by atoms with Crippen molar-refractivity contribution in [2.24, 2.45) is 0 Å². The summed E-state index contributed by atoms with van der Waals surface area (Å²) in [6, 6.07) is 0. The largest absolute Gasteiger partial charge is 0.359 e. The number of thiocarbonyl (C=S) groups is 1. The fraction of sp³-hybridized carbons (Fsp3) is 0.800. The molecule has 1 saturated heterocycles. The molecule has 4 heteroatoms. The van der Waals surface area contributed by atoms with Crippen LogP contribution in [0.3, 0.4) is 0 Å². The predicted octanol–water partition coefficient (Wildman–Crippen LogP) is 0.128. The lowest BCUT2D eigenvalue weighted by atomic mass is 10.7. The van der Waals surface area contributed by atoms with Crippen LogP contribution in [-0.4, -0.2) is 29.9 Å². The summed E-state index contributed by atoms with van der Waals surface area (Å²) >= 11 is 4.90. The van der Waals surface area contributed by atoms with Crippen molar-refractivity contribution in [3.63, 3.8) is 0 Å². The molecule has 0 amide bonds. The van der Waals surface area contributed by atoms with Gasteiger partial charge in [0.25, 0.3) is 0 Å². The van der Waals surface area contributed by atoms with Crippen molar-refractivity contribution in [1.29, 1.82) is 0 Å². The van der Waals surface area contributed by atoms with Crippen molar-refractivity contribution in [3.05, 3.63) is 0 Å². The van der Waals surface area contributed by atoms with Crippen LogP contribution in [0.5, 0.6) is 0 Å². The average Bonchev–Trinajstić information content (AvgIpc) is 2.18. The number of hydrogen-bond donors (Lipinski definition) is 1. The third-order valence-corrected chi connectivity index (χ3v) is 1.45. The van der Waals surface area contributed by atoms with Crippen molar-refractivity contribution >= 4 is 17.3 Å². The normalized spacial score (nSPS) is 18.3. The minimum absolute atomic E-state index is 0.682. The molecule has 1 heterocycles. The molecule has 0 aromatic rings. The molecule has 0 bridgehead atoms. The van der Waals surface area contributed by atoms with Gasteiger partial charge in [0.05, 0.1) is 13.2 Å². The van der Waals surface area contributed by atoms with E-state index in [1.165, 1.54) is 0 Å². The Labute approximate surface area is 59.9 Å². The summed E-state index contributed by atoms with van der Waals surface area (Å²) in [6.07, 6.45) is 0. The molecule has 0 spiro atoms. The number of nitrogens with one attached hydrogen (secondary N) is 1. The van der Waals surface area contributed by atoms with Gasteiger partial charge in [-0.1, -0.05) is 0 Å². The molecular weight excluding hydrogens is 136 g/mol. The van der Waals surface area contributed by atoms with Crippen molar-refractivity contribution < 1.29 is 4.84 Å². The molecule has 0 aromatic carbocycles. The van der Waals surface area contributed by atoms with Gasteiger partial charge in [-0.25, -0.2) is 5.06 Å². The van der Waals surface area contributed by atoms with Crippen LogP contribution < -0.4 is 5.32 Å². The van der Waals surface area contributed by atoms with E-state index in [0.29, 0.717) is 11.7 Å². The van der Waals surface area contributed by atoms with Gasteiger partial charge in [-0.05, 0) is 19.1 Å². The van der Waals surface area contributed by atoms with Gasteiger partial charge in [0.2, 0.25) is 0 Å². The highest BCUT2D eigenvalue weighted by Crippen LogP contribution is 1.96. The Balaban J connectivity index is 2.31. The maximum Gasteiger partial charge on any atom is 0.193 e. The number of rotatable bonds is 2. The predicted molar refractivity (Wildman–Crippen MR) is 38.9 cm³/mol. The molecule has 0 aliphatic carbocycles. The van der Waals surface area contributed by atoms with Crippen LogP contribution in [0.1, 0.15) is 6.92 Å². The zero-order valence-corrected chi connectivity index (χ0v) is 6.20. The summed E-state index contributed by atoms with van der Waals surface area (Å²) < 4.78 is 0. The van der Waals surface area contributed by atoms with Gasteiger partial charge in [-0.2, -0.15) is 0 Å². The second-order valence-corrected chi connectivity index (χ2v) is 2.14. The summed E-state index contributed by atoms with van der Waals surface area (Å²) in [6.45, 7) is 4.40. The summed E-state index contributed by atoms with van der Waals surface area (Å²) in [4.78, 5) is 5.14. The van der Waals surface area contributed by atoms with Crippen molar-refractivity contribution in [1.82, 2.24) is 10.4 Å². The van der Waals surface area contributed by atoms with Gasteiger partial charge in [-0.15, -0.1) is 0 Å². The highest BCUT2D eigenvalue weighted by Gasteiger charge is 2.14. The average molecular weight is 146 g/mol. The van der Waals surface area contributed by atoms with Crippen molar-refractivity contribution in [3.8, 4) is 0 Å². The second kappa shape index (κ2) is 2.98. The molecule has 0 unspecified atom stereocenters. The summed E-state index contributed by atoms with van der Waals surface area (Å²) in [5.41, 5.74) is 0. The topological polar surface area (TPSA) is 24.5 Å². The first kappa shape index (κ1) is 6.77. The van der Waals surface area contributed by atoms with E-state index in [0.717, 1.165) is 13.1 Å². The molecule has 1 rings (SSSR count). The smallest absolute Gasteiger partial charge is 0.193 e. The molecule has 0 radical (unpaired) electrons. The van der Waals surface area contributed by atoms with E-state index in [-0.39, 0.29) is 0 Å². The third kappa shape index (κ3) is 1.53. The van der Waals surface area contributed by atoms with Crippen LogP contribution >= 0.6 is 12.2 Å². The van der Waals surface area contributed by atoms with E-state index in [2.05, 4.69) is 5.32 Å². The zero-order chi connectivity index (χ0) is 6.69. The zero-order valence-electron chi connectivity index (χ0n) is 5.39. The quantitative estimate of drug-likeness (QED) is 0.560. The first-order valence-corrected chi connectivity index (χ1v) is 3.43. The van der Waals surface area contributed by atoms with E-state index < -0.39 is 0 Å². The van der Waals surface area contributed by atoms with E-state index in [1.807, 2.05) is 6.92 Å². The van der Waals surface area contributed by atoms with Gasteiger partial charge in [0.15, 0.2) is 5.11 Å². The molecular formula is C5H10N2OS. The Morgan fingerprint density at radius 1 is 1.89 bits per heavy atom. The third-order valence-electron chi connectivity index (χ3n) is 1.10. The summed E-state index contributed by atoms with van der Waals surface area (Å²) in [7, 11) is 0. The Kier molecular flexibility index (Phi) is 2.24. The molecule has 1 aliphatic rings. The van der Waals surface area contributed by atoms with E-state index >= 15 is 0 Å². The Bertz CT molecular complexity index is 118. The highest BCUT2D eigenvalue weighted by molar-refractivity contribution is 7.80. The van der Waals surface area contributed by atoms with Gasteiger partial charge < -0.3 is 5.32 Å². The Hall–Kier alpha value is -0.350. The van der Waals surface area contributed by atoms with Crippen LogP contribution in [0.2, 0.25) is 0 Å². The van der Waals surface area contributed by atoms with Crippen LogP contribution in [0.25, 0.3) is 0 Å². The maximum atomic E-state index is 5.14. The summed E-state index contributed by atoms with van der Waals surface area (Å²) in [5, 5.41) is 5.40. The van der Waals surface area contributed by atoms with Gasteiger partial charge in [0, 0.05) is 6.54 Å². The molecule has 1 N–H and O–H groups in total. The molecule has 3 nitrogen and oxygen atoms in total. The molecule has 1 aliphatic heterocycles. The second-order valence-electron chi connectivity index (χ2n) is 1.75. The lowest BCUT2D eigenvalue weighted by Gasteiger charge is -2.13. The minimum atomic E-state index is 0.682. The number of nitrogens with zero attached hydrogens (tertiary/aromatic N) is 1. The van der Waals surface area contributed by atoms with Crippen LogP contribution in [0, 0.1) is 0 Å². The monoisotopic (exact) mass is 146 g/mol. The van der Waals surface area contributed by atoms with Crippen LogP contribution in [0.15, 0.2) is 0 Å². The van der Waals surface area contributed by atoms with E-state index in [1.54, 1.807) is 5.06 Å². The molecule has 9 heavy (non-hydrogen) atoms. The molecule has 1 fully saturated rings. The molecule has 0 aromatic heterocycles. The van der Waals surface area contributed by atoms with Crippen LogP contribution in [-0.2, 0) is 4.84 Å². The van der Waals surface area contributed by atoms with E-state index in [9.17, 15) is 0 Å². The standard InChI is InChI=1S/C5H10N2OS/c1-2-8-7-4-3-6-5(7)9/h2-4H2,1H3,(H,6,9). The lowest BCUT2D eigenvalue weighted by molar-refractivity contribution is -0.0816. The van der Waals surface area contributed by atoms with Gasteiger partial charge in [0.1, 0.15) is 0 Å². The SMILES string of the molecule is CCON1CCNC1=S. The Morgan fingerprint density at radius 3 is 3.11 bits per heavy atom. The van der Waals surface area contributed by atoms with Gasteiger partial charge in [-0.3, -0.25) is 4.84 Å². The Morgan fingerprint density at radius 2 is 2.67 bits per heavy atom. The van der Waals surface area contributed by atoms with Crippen molar-refractivity contribution in [2.45, 2.75) is 6.92 Å². The molecule has 0 atom stereocenters.